The van der Waals surface area contributed by atoms with E-state index in [4.69, 9.17) is 0 Å². The monoisotopic (exact) mass is 567 g/mol. The molecule has 3 heterocycles. The summed E-state index contributed by atoms with van der Waals surface area (Å²) in [6.45, 7) is 2.09. The Kier molecular flexibility index (Phi) is 6.64. The summed E-state index contributed by atoms with van der Waals surface area (Å²) in [7, 11) is -4.01. The Hall–Kier alpha value is -4.46. The molecule has 1 saturated heterocycles. The average molecular weight is 568 g/mol. The van der Waals surface area contributed by atoms with E-state index in [1.807, 2.05) is 25.1 Å². The molecule has 4 aromatic rings. The van der Waals surface area contributed by atoms with Crippen molar-refractivity contribution in [3.05, 3.63) is 113 Å². The first-order chi connectivity index (χ1) is 19.7. The molecule has 0 unspecified atom stereocenters. The van der Waals surface area contributed by atoms with Crippen molar-refractivity contribution >= 4 is 21.9 Å². The van der Waals surface area contributed by atoms with Gasteiger partial charge in [-0.1, -0.05) is 18.6 Å². The van der Waals surface area contributed by atoms with Crippen LogP contribution in [0.4, 0.5) is 4.39 Å². The lowest BCUT2D eigenvalue weighted by atomic mass is 9.65. The van der Waals surface area contributed by atoms with E-state index < -0.39 is 15.4 Å². The Balaban J connectivity index is 1.46. The Morgan fingerprint density at radius 2 is 1.95 bits per heavy atom. The minimum Gasteiger partial charge on any atom is -0.291 e. The van der Waals surface area contributed by atoms with Crippen molar-refractivity contribution < 1.29 is 17.6 Å². The van der Waals surface area contributed by atoms with Gasteiger partial charge in [0.15, 0.2) is 5.78 Å². The lowest BCUT2D eigenvalue weighted by Gasteiger charge is -2.44. The second-order valence-corrected chi connectivity index (χ2v) is 12.3. The second-order valence-electron chi connectivity index (χ2n) is 10.3. The number of rotatable bonds is 6. The number of pyridine rings is 1. The summed E-state index contributed by atoms with van der Waals surface area (Å²) in [5.74, 6) is -0.599. The molecule has 1 atom stereocenters. The number of nitriles is 1. The van der Waals surface area contributed by atoms with Gasteiger partial charge in [-0.05, 0) is 91.1 Å². The van der Waals surface area contributed by atoms with Crippen molar-refractivity contribution in [2.45, 2.75) is 31.1 Å². The van der Waals surface area contributed by atoms with Crippen LogP contribution < -0.4 is 0 Å². The molecule has 0 saturated carbocycles. The first-order valence-electron chi connectivity index (χ1n) is 13.3. The molecule has 0 bridgehead atoms. The normalized spacial score (nSPS) is 18.6. The van der Waals surface area contributed by atoms with Gasteiger partial charge in [0, 0.05) is 19.3 Å². The molecule has 6 rings (SSSR count). The lowest BCUT2D eigenvalue weighted by molar-refractivity contribution is 0.0770. The topological polar surface area (TPSA) is 109 Å². The van der Waals surface area contributed by atoms with Crippen LogP contribution in [-0.2, 0) is 22.9 Å². The van der Waals surface area contributed by atoms with Crippen LogP contribution in [0.2, 0.25) is 0 Å². The number of sulfonamides is 1. The summed E-state index contributed by atoms with van der Waals surface area (Å²) >= 11 is 0. The Morgan fingerprint density at radius 1 is 1.15 bits per heavy atom. The average Bonchev–Trinajstić information content (AvgIpc) is 3.41. The van der Waals surface area contributed by atoms with Crippen LogP contribution in [0.3, 0.4) is 0 Å². The van der Waals surface area contributed by atoms with Gasteiger partial charge in [-0.2, -0.15) is 14.7 Å². The number of benzene rings is 2. The van der Waals surface area contributed by atoms with Gasteiger partial charge in [-0.3, -0.25) is 9.78 Å². The van der Waals surface area contributed by atoms with E-state index in [0.717, 1.165) is 28.8 Å². The van der Waals surface area contributed by atoms with Crippen molar-refractivity contribution in [2.75, 3.05) is 13.1 Å². The van der Waals surface area contributed by atoms with Crippen molar-refractivity contribution in [3.63, 3.8) is 0 Å². The number of halogens is 1. The maximum absolute atomic E-state index is 14.4. The quantitative estimate of drug-likeness (QED) is 0.311. The summed E-state index contributed by atoms with van der Waals surface area (Å²) in [6.07, 6.45) is 6.50. The fraction of sp³-hybridized carbons (Fsp3) is 0.226. The Morgan fingerprint density at radius 3 is 2.71 bits per heavy atom. The minimum absolute atomic E-state index is 0.0123. The number of hydrogen-bond acceptors (Lipinski definition) is 6. The van der Waals surface area contributed by atoms with E-state index in [9.17, 15) is 22.9 Å². The molecule has 1 aliphatic heterocycles. The standard InChI is InChI=1S/C31H26FN5O3S/c1-2-21-10-12-34-28(15-21)30(38)31-17-23-19-35-37(26-8-6-25(32)7-9-26)29(23)16-24(31)11-13-36(20-31)41(39,40)27-5-3-4-22(14-27)18-33/h3-10,12,14-16,19H,2,11,13,17,20H2,1H3/t31-/m0/s1. The van der Waals surface area contributed by atoms with Gasteiger partial charge in [-0.25, -0.2) is 17.5 Å². The van der Waals surface area contributed by atoms with Crippen molar-refractivity contribution in [2.24, 2.45) is 5.41 Å². The molecule has 0 spiro atoms. The fourth-order valence-corrected chi connectivity index (χ4v) is 7.29. The molecule has 0 N–H and O–H groups in total. The molecule has 2 aromatic heterocycles. The molecule has 206 valence electrons. The Labute approximate surface area is 237 Å². The fourth-order valence-electron chi connectivity index (χ4n) is 5.75. The molecule has 1 fully saturated rings. The highest BCUT2D eigenvalue weighted by molar-refractivity contribution is 7.89. The molecule has 2 aromatic carbocycles. The smallest absolute Gasteiger partial charge is 0.243 e. The summed E-state index contributed by atoms with van der Waals surface area (Å²) in [5, 5.41) is 13.9. The molecule has 10 heteroatoms. The summed E-state index contributed by atoms with van der Waals surface area (Å²) < 4.78 is 44.3. The number of Topliss-reactive ketones (excluding diaryl/α,β-unsaturated/α-hetero) is 1. The second kappa shape index (κ2) is 10.2. The number of piperidine rings is 1. The van der Waals surface area contributed by atoms with Gasteiger partial charge in [0.2, 0.25) is 10.0 Å². The van der Waals surface area contributed by atoms with Crippen LogP contribution in [0.5, 0.6) is 0 Å². The van der Waals surface area contributed by atoms with Crippen LogP contribution in [0.1, 0.15) is 46.2 Å². The Bertz CT molecular complexity index is 1860. The van der Waals surface area contributed by atoms with E-state index in [1.165, 1.54) is 28.6 Å². The molecule has 41 heavy (non-hydrogen) atoms. The molecular weight excluding hydrogens is 541 g/mol. The molecular formula is C31H26FN5O3S. The molecule has 0 radical (unpaired) electrons. The van der Waals surface area contributed by atoms with Crippen LogP contribution in [0, 0.1) is 22.6 Å². The van der Waals surface area contributed by atoms with E-state index in [2.05, 4.69) is 10.1 Å². The summed E-state index contributed by atoms with van der Waals surface area (Å²) in [4.78, 5) is 18.8. The van der Waals surface area contributed by atoms with E-state index in [1.54, 1.807) is 47.4 Å². The van der Waals surface area contributed by atoms with Crippen molar-refractivity contribution in [1.29, 1.82) is 5.26 Å². The van der Waals surface area contributed by atoms with Crippen molar-refractivity contribution in [1.82, 2.24) is 19.1 Å². The zero-order valence-corrected chi connectivity index (χ0v) is 23.1. The zero-order chi connectivity index (χ0) is 28.8. The molecule has 0 amide bonds. The predicted molar refractivity (Wildman–Crippen MR) is 150 cm³/mol. The summed E-state index contributed by atoms with van der Waals surface area (Å²) in [5.41, 5.74) is 3.34. The van der Waals surface area contributed by atoms with E-state index >= 15 is 0 Å². The maximum Gasteiger partial charge on any atom is 0.243 e. The number of aromatic nitrogens is 3. The van der Waals surface area contributed by atoms with Crippen LogP contribution in [0.25, 0.3) is 11.8 Å². The number of hydrogen-bond donors (Lipinski definition) is 0. The number of aryl methyl sites for hydroxylation is 1. The third-order valence-electron chi connectivity index (χ3n) is 7.95. The maximum atomic E-state index is 14.4. The first-order valence-corrected chi connectivity index (χ1v) is 14.7. The predicted octanol–water partition coefficient (Wildman–Crippen LogP) is 4.74. The highest BCUT2D eigenvalue weighted by Crippen LogP contribution is 2.47. The van der Waals surface area contributed by atoms with Gasteiger partial charge in [0.1, 0.15) is 11.5 Å². The van der Waals surface area contributed by atoms with Gasteiger partial charge in [0.05, 0.1) is 39.5 Å². The van der Waals surface area contributed by atoms with Crippen molar-refractivity contribution in [3.8, 4) is 11.8 Å². The number of fused-ring (bicyclic) bond motifs is 2. The van der Waals surface area contributed by atoms with Gasteiger partial charge < -0.3 is 0 Å². The zero-order valence-electron chi connectivity index (χ0n) is 22.3. The molecule has 8 nitrogen and oxygen atoms in total. The number of nitrogens with zero attached hydrogens (tertiary/aromatic N) is 5. The third-order valence-corrected chi connectivity index (χ3v) is 9.79. The number of carbonyl (C=O) groups is 1. The highest BCUT2D eigenvalue weighted by Gasteiger charge is 2.51. The first kappa shape index (κ1) is 26.7. The van der Waals surface area contributed by atoms with Gasteiger partial charge >= 0.3 is 0 Å². The van der Waals surface area contributed by atoms with Crippen LogP contribution in [-0.4, -0.2) is 46.4 Å². The van der Waals surface area contributed by atoms with Crippen LogP contribution in [0.15, 0.2) is 83.5 Å². The lowest BCUT2D eigenvalue weighted by Crippen LogP contribution is -2.53. The number of carbonyl (C=O) groups excluding carboxylic acids is 1. The van der Waals surface area contributed by atoms with Gasteiger partial charge in [0.25, 0.3) is 0 Å². The minimum atomic E-state index is -4.01. The number of ketones is 1. The molecule has 1 aliphatic carbocycles. The largest absolute Gasteiger partial charge is 0.291 e. The SMILES string of the molecule is CCc1ccnc(C(=O)[C@]23Cc4cnn(-c5ccc(F)cc5)c4C=C2CCN(S(=O)(=O)c2cccc(C#N)c2)C3)c1. The van der Waals surface area contributed by atoms with Crippen LogP contribution >= 0.6 is 0 Å². The third kappa shape index (κ3) is 4.57. The highest BCUT2D eigenvalue weighted by atomic mass is 32.2. The van der Waals surface area contributed by atoms with E-state index in [-0.39, 0.29) is 47.3 Å². The molecule has 2 aliphatic rings. The van der Waals surface area contributed by atoms with Gasteiger partial charge in [-0.15, -0.1) is 0 Å². The van der Waals surface area contributed by atoms with E-state index in [0.29, 0.717) is 12.1 Å². The summed E-state index contributed by atoms with van der Waals surface area (Å²) in [6, 6.07) is 17.5.